The van der Waals surface area contributed by atoms with Crippen LogP contribution < -0.4 is 4.74 Å². The molecule has 29 heavy (non-hydrogen) atoms. The van der Waals surface area contributed by atoms with Crippen molar-refractivity contribution < 1.29 is 9.53 Å². The van der Waals surface area contributed by atoms with E-state index in [1.165, 1.54) is 9.71 Å². The van der Waals surface area contributed by atoms with Gasteiger partial charge in [-0.2, -0.15) is 0 Å². The van der Waals surface area contributed by atoms with Crippen molar-refractivity contribution in [3.8, 4) is 5.75 Å². The van der Waals surface area contributed by atoms with E-state index in [9.17, 15) is 4.79 Å². The van der Waals surface area contributed by atoms with Crippen LogP contribution >= 0.6 is 22.9 Å². The number of para-hydroxylation sites is 1. The number of likely N-dealkylation sites (tertiary alicyclic amines) is 1. The van der Waals surface area contributed by atoms with Crippen LogP contribution in [0.5, 0.6) is 5.75 Å². The summed E-state index contributed by atoms with van der Waals surface area (Å²) in [5.41, 5.74) is 2.98. The zero-order chi connectivity index (χ0) is 20.5. The topological polar surface area (TPSA) is 42.4 Å². The van der Waals surface area contributed by atoms with E-state index < -0.39 is 6.10 Å². The molecule has 1 aliphatic heterocycles. The van der Waals surface area contributed by atoms with Gasteiger partial charge in [0.1, 0.15) is 5.75 Å². The first-order valence-corrected chi connectivity index (χ1v) is 11.2. The molecule has 4 rings (SSSR count). The van der Waals surface area contributed by atoms with Crippen LogP contribution in [0.1, 0.15) is 41.8 Å². The minimum Gasteiger partial charge on any atom is -0.481 e. The summed E-state index contributed by atoms with van der Waals surface area (Å²) in [6.07, 6.45) is 1.36. The summed E-state index contributed by atoms with van der Waals surface area (Å²) in [5.74, 6) is 1.15. The molecule has 1 aromatic heterocycles. The number of hydrogen-bond donors (Lipinski definition) is 0. The van der Waals surface area contributed by atoms with Crippen LogP contribution in [0.4, 0.5) is 0 Å². The van der Waals surface area contributed by atoms with Crippen molar-refractivity contribution in [2.45, 2.75) is 45.6 Å². The average Bonchev–Trinajstić information content (AvgIpc) is 3.16. The van der Waals surface area contributed by atoms with Gasteiger partial charge in [0, 0.05) is 24.0 Å². The van der Waals surface area contributed by atoms with Crippen LogP contribution in [0.2, 0.25) is 5.02 Å². The quantitative estimate of drug-likeness (QED) is 0.532. The van der Waals surface area contributed by atoms with E-state index in [0.717, 1.165) is 47.6 Å². The molecule has 0 spiro atoms. The zero-order valence-electron chi connectivity index (χ0n) is 16.9. The largest absolute Gasteiger partial charge is 0.481 e. The van der Waals surface area contributed by atoms with Gasteiger partial charge in [-0.15, -0.1) is 11.3 Å². The van der Waals surface area contributed by atoms with E-state index >= 15 is 0 Å². The Morgan fingerprint density at radius 1 is 1.21 bits per heavy atom. The Balaban J connectivity index is 1.37. The van der Waals surface area contributed by atoms with E-state index in [1.807, 2.05) is 43.9 Å². The van der Waals surface area contributed by atoms with E-state index in [4.69, 9.17) is 21.3 Å². The molecule has 2 heterocycles. The number of aromatic nitrogens is 1. The highest BCUT2D eigenvalue weighted by Gasteiger charge is 2.29. The number of carbonyl (C=O) groups excluding carboxylic acids is 1. The Kier molecular flexibility index (Phi) is 5.79. The van der Waals surface area contributed by atoms with Gasteiger partial charge >= 0.3 is 0 Å². The number of thiazole rings is 1. The summed E-state index contributed by atoms with van der Waals surface area (Å²) in [6, 6.07) is 12.0. The Morgan fingerprint density at radius 3 is 2.52 bits per heavy atom. The first-order chi connectivity index (χ1) is 13.9. The molecular formula is C23H25ClN2O2S. The minimum atomic E-state index is -0.519. The fraction of sp³-hybridized carbons (Fsp3) is 0.391. The third-order valence-corrected chi connectivity index (χ3v) is 7.33. The molecule has 0 aliphatic carbocycles. The third-order valence-electron chi connectivity index (χ3n) is 5.54. The van der Waals surface area contributed by atoms with Gasteiger partial charge in [0.25, 0.3) is 5.91 Å². The molecule has 1 amide bonds. The molecule has 0 N–H and O–H groups in total. The van der Waals surface area contributed by atoms with Gasteiger partial charge < -0.3 is 9.64 Å². The number of rotatable bonds is 4. The molecule has 0 saturated carbocycles. The summed E-state index contributed by atoms with van der Waals surface area (Å²) in [4.78, 5) is 19.6. The fourth-order valence-electron chi connectivity index (χ4n) is 3.90. The van der Waals surface area contributed by atoms with E-state index in [-0.39, 0.29) is 5.91 Å². The third kappa shape index (κ3) is 4.26. The predicted molar refractivity (Wildman–Crippen MR) is 119 cm³/mol. The first kappa shape index (κ1) is 20.2. The number of benzene rings is 2. The molecular weight excluding hydrogens is 404 g/mol. The highest BCUT2D eigenvalue weighted by atomic mass is 35.5. The van der Waals surface area contributed by atoms with Gasteiger partial charge in [-0.05, 0) is 69.0 Å². The lowest BCUT2D eigenvalue weighted by Crippen LogP contribution is -2.44. The van der Waals surface area contributed by atoms with Gasteiger partial charge in [0.15, 0.2) is 6.10 Å². The Labute approximate surface area is 180 Å². The van der Waals surface area contributed by atoms with Crippen molar-refractivity contribution in [2.24, 2.45) is 0 Å². The number of hydrogen-bond acceptors (Lipinski definition) is 4. The highest BCUT2D eigenvalue weighted by molar-refractivity contribution is 7.18. The minimum absolute atomic E-state index is 0.0398. The number of carbonyl (C=O) groups is 1. The lowest BCUT2D eigenvalue weighted by molar-refractivity contribution is -0.139. The number of piperidine rings is 1. The van der Waals surface area contributed by atoms with Crippen molar-refractivity contribution in [2.75, 3.05) is 13.1 Å². The van der Waals surface area contributed by atoms with Gasteiger partial charge in [0.2, 0.25) is 0 Å². The van der Waals surface area contributed by atoms with Crippen molar-refractivity contribution in [1.29, 1.82) is 0 Å². The molecule has 1 saturated heterocycles. The predicted octanol–water partition coefficient (Wildman–Crippen LogP) is 5.74. The number of amides is 1. The molecule has 4 nitrogen and oxygen atoms in total. The maximum atomic E-state index is 12.9. The molecule has 152 valence electrons. The molecule has 0 bridgehead atoms. The van der Waals surface area contributed by atoms with E-state index in [2.05, 4.69) is 18.2 Å². The summed E-state index contributed by atoms with van der Waals surface area (Å²) >= 11 is 8.00. The Morgan fingerprint density at radius 2 is 1.86 bits per heavy atom. The van der Waals surface area contributed by atoms with Crippen LogP contribution in [0.25, 0.3) is 10.2 Å². The van der Waals surface area contributed by atoms with Crippen LogP contribution in [0, 0.1) is 13.8 Å². The second-order valence-electron chi connectivity index (χ2n) is 7.75. The Bertz CT molecular complexity index is 984. The number of fused-ring (bicyclic) bond motifs is 1. The summed E-state index contributed by atoms with van der Waals surface area (Å²) in [6.45, 7) is 7.20. The van der Waals surface area contributed by atoms with Crippen molar-refractivity contribution in [3.63, 3.8) is 0 Å². The van der Waals surface area contributed by atoms with Crippen molar-refractivity contribution >= 4 is 39.1 Å². The first-order valence-electron chi connectivity index (χ1n) is 10.00. The molecule has 0 radical (unpaired) electrons. The second-order valence-corrected chi connectivity index (χ2v) is 9.19. The lowest BCUT2D eigenvalue weighted by Gasteiger charge is -2.32. The summed E-state index contributed by atoms with van der Waals surface area (Å²) < 4.78 is 7.17. The molecule has 2 aromatic carbocycles. The number of aryl methyl sites for hydroxylation is 2. The zero-order valence-corrected chi connectivity index (χ0v) is 18.5. The SMILES string of the molecule is Cc1cc(O[C@H](C)C(=O)N2CCC(c3nc4ccccc4s3)CC2)cc(C)c1Cl. The second kappa shape index (κ2) is 8.33. The van der Waals surface area contributed by atoms with Gasteiger partial charge in [-0.1, -0.05) is 23.7 Å². The standard InChI is InChI=1S/C23H25ClN2O2S/c1-14-12-18(13-15(2)21(14)24)28-16(3)23(27)26-10-8-17(9-11-26)22-25-19-6-4-5-7-20(19)29-22/h4-7,12-13,16-17H,8-11H2,1-3H3/t16-/m1/s1. The molecule has 6 heteroatoms. The molecule has 1 atom stereocenters. The van der Waals surface area contributed by atoms with E-state index in [0.29, 0.717) is 11.7 Å². The molecule has 1 fully saturated rings. The van der Waals surface area contributed by atoms with Crippen LogP contribution in [0.15, 0.2) is 36.4 Å². The van der Waals surface area contributed by atoms with Crippen LogP contribution in [-0.4, -0.2) is 35.0 Å². The smallest absolute Gasteiger partial charge is 0.263 e. The number of halogens is 1. The van der Waals surface area contributed by atoms with Gasteiger partial charge in [-0.25, -0.2) is 4.98 Å². The molecule has 3 aromatic rings. The van der Waals surface area contributed by atoms with Gasteiger partial charge in [-0.3, -0.25) is 4.79 Å². The van der Waals surface area contributed by atoms with E-state index in [1.54, 1.807) is 11.3 Å². The average molecular weight is 429 g/mol. The fourth-order valence-corrected chi connectivity index (χ4v) is 5.14. The maximum Gasteiger partial charge on any atom is 0.263 e. The monoisotopic (exact) mass is 428 g/mol. The van der Waals surface area contributed by atoms with Crippen LogP contribution in [-0.2, 0) is 4.79 Å². The number of ether oxygens (including phenoxy) is 1. The summed E-state index contributed by atoms with van der Waals surface area (Å²) in [7, 11) is 0. The summed E-state index contributed by atoms with van der Waals surface area (Å²) in [5, 5.41) is 1.93. The van der Waals surface area contributed by atoms with Crippen LogP contribution in [0.3, 0.4) is 0 Å². The number of nitrogens with zero attached hydrogens (tertiary/aromatic N) is 2. The van der Waals surface area contributed by atoms with Crippen molar-refractivity contribution in [1.82, 2.24) is 9.88 Å². The normalized spacial score (nSPS) is 16.2. The molecule has 0 unspecified atom stereocenters. The molecule has 1 aliphatic rings. The van der Waals surface area contributed by atoms with Gasteiger partial charge in [0.05, 0.1) is 15.2 Å². The van der Waals surface area contributed by atoms with Crippen molar-refractivity contribution in [3.05, 3.63) is 57.6 Å². The highest BCUT2D eigenvalue weighted by Crippen LogP contribution is 2.34. The maximum absolute atomic E-state index is 12.9. The lowest BCUT2D eigenvalue weighted by atomic mass is 9.97. The Hall–Kier alpha value is -2.11.